The quantitative estimate of drug-likeness (QED) is 0.259. The normalized spacial score (nSPS) is 19.9. The van der Waals surface area contributed by atoms with Crippen molar-refractivity contribution >= 4 is 34.1 Å². The van der Waals surface area contributed by atoms with Crippen molar-refractivity contribution in [3.05, 3.63) is 52.9 Å². The zero-order valence-electron chi connectivity index (χ0n) is 28.6. The summed E-state index contributed by atoms with van der Waals surface area (Å²) in [6.07, 6.45) is 7.60. The number of nitrogens with one attached hydrogen (secondary N) is 1. The van der Waals surface area contributed by atoms with E-state index in [0.717, 1.165) is 67.0 Å². The molecule has 3 aliphatic heterocycles. The second kappa shape index (κ2) is 12.9. The summed E-state index contributed by atoms with van der Waals surface area (Å²) in [5.74, 6) is 1.23. The van der Waals surface area contributed by atoms with Gasteiger partial charge in [0.05, 0.1) is 16.7 Å². The minimum absolute atomic E-state index is 0.160. The highest BCUT2D eigenvalue weighted by molar-refractivity contribution is 6.04. The van der Waals surface area contributed by atoms with E-state index in [1.807, 2.05) is 30.7 Å². The number of likely N-dealkylation sites (N-methyl/N-ethyl adjacent to an activating group) is 1. The number of imidazole rings is 1. The van der Waals surface area contributed by atoms with Gasteiger partial charge in [0.15, 0.2) is 0 Å². The first-order valence-corrected chi connectivity index (χ1v) is 17.2. The van der Waals surface area contributed by atoms with Gasteiger partial charge in [0.2, 0.25) is 5.95 Å². The number of likely N-dealkylation sites (tertiary alicyclic amines) is 1. The van der Waals surface area contributed by atoms with Crippen LogP contribution in [0, 0.1) is 18.3 Å². The van der Waals surface area contributed by atoms with E-state index in [4.69, 9.17) is 9.97 Å². The lowest BCUT2D eigenvalue weighted by molar-refractivity contribution is -0.0550. The largest absolute Gasteiger partial charge is 0.370 e. The predicted octanol–water partition coefficient (Wildman–Crippen LogP) is 6.76. The number of pyridine rings is 1. The van der Waals surface area contributed by atoms with Gasteiger partial charge in [-0.15, -0.1) is 0 Å². The van der Waals surface area contributed by atoms with Crippen molar-refractivity contribution in [3.8, 4) is 0 Å². The Kier molecular flexibility index (Phi) is 9.08. The molecule has 0 saturated carbocycles. The molecule has 2 fully saturated rings. The van der Waals surface area contributed by atoms with E-state index in [1.54, 1.807) is 0 Å². The van der Waals surface area contributed by atoms with E-state index in [9.17, 15) is 4.79 Å². The van der Waals surface area contributed by atoms with Crippen LogP contribution in [0.25, 0.3) is 16.6 Å². The first-order valence-electron chi connectivity index (χ1n) is 17.2. The van der Waals surface area contributed by atoms with Crippen LogP contribution in [0.4, 0.5) is 11.6 Å². The first kappa shape index (κ1) is 31.7. The number of aromatic nitrogens is 3. The second-order valence-electron chi connectivity index (χ2n) is 14.5. The van der Waals surface area contributed by atoms with Gasteiger partial charge in [0.25, 0.3) is 5.91 Å². The molecular weight excluding hydrogens is 558 g/mol. The number of aryl methyl sites for hydroxylation is 2. The van der Waals surface area contributed by atoms with Crippen molar-refractivity contribution in [2.24, 2.45) is 18.4 Å². The Hall–Kier alpha value is -3.23. The van der Waals surface area contributed by atoms with Crippen molar-refractivity contribution in [3.63, 3.8) is 0 Å². The Morgan fingerprint density at radius 3 is 2.51 bits per heavy atom. The molecule has 2 atom stereocenters. The van der Waals surface area contributed by atoms with Gasteiger partial charge < -0.3 is 14.4 Å². The molecule has 1 spiro atoms. The number of amides is 1. The predicted molar refractivity (Wildman–Crippen MR) is 186 cm³/mol. The molecule has 3 aromatic rings. The number of anilines is 2. The molecule has 2 aromatic heterocycles. The van der Waals surface area contributed by atoms with Gasteiger partial charge in [-0.25, -0.2) is 4.98 Å². The van der Waals surface area contributed by atoms with E-state index in [-0.39, 0.29) is 5.91 Å². The maximum absolute atomic E-state index is 13.5. The van der Waals surface area contributed by atoms with Crippen LogP contribution in [0.3, 0.4) is 0 Å². The third kappa shape index (κ3) is 6.54. The molecule has 0 radical (unpaired) electrons. The molecule has 3 aliphatic rings. The van der Waals surface area contributed by atoms with Crippen molar-refractivity contribution in [1.29, 1.82) is 0 Å². The standard InChI is InChI=1S/C37H53N7O/c1-8-10-29(12-11-25(3)9-2)43-21-37(22-43)23-44(24-37)30-13-14-32-34(19-30)42(7)36(39-32)40-35(45)28-17-27(5)38-33(18-28)31-20-41(6)16-15-26(31)4/h13-14,17-19,25,29H,8-12,15-16,20-24H2,1-7H3,(H,39,40,45). The monoisotopic (exact) mass is 611 g/mol. The summed E-state index contributed by atoms with van der Waals surface area (Å²) < 4.78 is 2.00. The number of hydrogen-bond donors (Lipinski definition) is 1. The van der Waals surface area contributed by atoms with Gasteiger partial charge in [-0.05, 0) is 88.4 Å². The average molecular weight is 612 g/mol. The molecule has 242 valence electrons. The highest BCUT2D eigenvalue weighted by Crippen LogP contribution is 2.44. The van der Waals surface area contributed by atoms with E-state index in [2.05, 4.69) is 73.0 Å². The first-order chi connectivity index (χ1) is 21.6. The molecule has 2 saturated heterocycles. The molecule has 5 heterocycles. The molecule has 8 heteroatoms. The molecular formula is C37H53N7O. The maximum Gasteiger partial charge on any atom is 0.258 e. The van der Waals surface area contributed by atoms with Crippen LogP contribution in [0.2, 0.25) is 0 Å². The lowest BCUT2D eigenvalue weighted by Gasteiger charge is -2.63. The molecule has 2 unspecified atom stereocenters. The Morgan fingerprint density at radius 2 is 1.78 bits per heavy atom. The van der Waals surface area contributed by atoms with Gasteiger partial charge in [-0.2, -0.15) is 0 Å². The van der Waals surface area contributed by atoms with Gasteiger partial charge in [0, 0.05) is 74.7 Å². The minimum Gasteiger partial charge on any atom is -0.370 e. The highest BCUT2D eigenvalue weighted by Gasteiger charge is 2.53. The SMILES string of the molecule is CCCC(CCC(C)CC)N1CC2(CN(c3ccc4nc(NC(=O)c5cc(C)nc(C6=C(C)CCN(C)C6)c5)n(C)c4c3)C2)C1. The van der Waals surface area contributed by atoms with Crippen molar-refractivity contribution in [2.75, 3.05) is 56.5 Å². The molecule has 6 rings (SSSR count). The third-order valence-electron chi connectivity index (χ3n) is 10.7. The molecule has 0 aliphatic carbocycles. The van der Waals surface area contributed by atoms with Crippen LogP contribution in [-0.4, -0.2) is 82.6 Å². The highest BCUT2D eigenvalue weighted by atomic mass is 16.1. The number of hydrogen-bond acceptors (Lipinski definition) is 6. The smallest absolute Gasteiger partial charge is 0.258 e. The maximum atomic E-state index is 13.5. The van der Waals surface area contributed by atoms with Crippen molar-refractivity contribution < 1.29 is 4.79 Å². The van der Waals surface area contributed by atoms with Crippen molar-refractivity contribution in [2.45, 2.75) is 79.2 Å². The zero-order chi connectivity index (χ0) is 31.9. The number of carbonyl (C=O) groups is 1. The molecule has 1 N–H and O–H groups in total. The van der Waals surface area contributed by atoms with Crippen LogP contribution >= 0.6 is 0 Å². The molecule has 45 heavy (non-hydrogen) atoms. The zero-order valence-corrected chi connectivity index (χ0v) is 28.6. The van der Waals surface area contributed by atoms with Crippen molar-refractivity contribution in [1.82, 2.24) is 24.3 Å². The van der Waals surface area contributed by atoms with E-state index < -0.39 is 0 Å². The van der Waals surface area contributed by atoms with Gasteiger partial charge in [-0.3, -0.25) is 20.0 Å². The summed E-state index contributed by atoms with van der Waals surface area (Å²) in [5.41, 5.74) is 8.54. The number of fused-ring (bicyclic) bond motifs is 1. The summed E-state index contributed by atoms with van der Waals surface area (Å²) in [5, 5.41) is 3.09. The van der Waals surface area contributed by atoms with Crippen LogP contribution in [0.1, 0.15) is 88.0 Å². The lowest BCUT2D eigenvalue weighted by atomic mass is 9.71. The second-order valence-corrected chi connectivity index (χ2v) is 14.5. The number of benzene rings is 1. The fourth-order valence-corrected chi connectivity index (χ4v) is 7.65. The van der Waals surface area contributed by atoms with E-state index in [1.165, 1.54) is 62.0 Å². The fraction of sp³-hybridized carbons (Fsp3) is 0.595. The molecule has 1 amide bonds. The lowest BCUT2D eigenvalue weighted by Crippen LogP contribution is -2.73. The van der Waals surface area contributed by atoms with E-state index >= 15 is 0 Å². The Labute approximate surface area is 269 Å². The average Bonchev–Trinajstić information content (AvgIpc) is 3.29. The topological polar surface area (TPSA) is 69.5 Å². The fourth-order valence-electron chi connectivity index (χ4n) is 7.65. The summed E-state index contributed by atoms with van der Waals surface area (Å²) in [6.45, 7) is 17.8. The van der Waals surface area contributed by atoms with Crippen LogP contribution in [0.15, 0.2) is 35.9 Å². The summed E-state index contributed by atoms with van der Waals surface area (Å²) in [7, 11) is 4.12. The van der Waals surface area contributed by atoms with E-state index in [0.29, 0.717) is 16.9 Å². The Balaban J connectivity index is 1.10. The molecule has 0 bridgehead atoms. The molecule has 8 nitrogen and oxygen atoms in total. The molecule has 1 aromatic carbocycles. The van der Waals surface area contributed by atoms with Crippen LogP contribution < -0.4 is 10.2 Å². The summed E-state index contributed by atoms with van der Waals surface area (Å²) in [4.78, 5) is 30.7. The minimum atomic E-state index is -0.160. The number of carbonyl (C=O) groups excluding carboxylic acids is 1. The van der Waals surface area contributed by atoms with Gasteiger partial charge in [-0.1, -0.05) is 39.2 Å². The summed E-state index contributed by atoms with van der Waals surface area (Å²) in [6, 6.07) is 11.1. The Morgan fingerprint density at radius 1 is 1.00 bits per heavy atom. The number of rotatable bonds is 11. The van der Waals surface area contributed by atoms with Gasteiger partial charge >= 0.3 is 0 Å². The Bertz CT molecular complexity index is 1570. The summed E-state index contributed by atoms with van der Waals surface area (Å²) >= 11 is 0. The van der Waals surface area contributed by atoms with Crippen LogP contribution in [-0.2, 0) is 7.05 Å². The third-order valence-corrected chi connectivity index (χ3v) is 10.7. The number of nitrogens with zero attached hydrogens (tertiary/aromatic N) is 6. The van der Waals surface area contributed by atoms with Gasteiger partial charge in [0.1, 0.15) is 0 Å². The van der Waals surface area contributed by atoms with Crippen LogP contribution in [0.5, 0.6) is 0 Å².